The van der Waals surface area contributed by atoms with Crippen molar-refractivity contribution in [2.75, 3.05) is 5.73 Å². The second-order valence-electron chi connectivity index (χ2n) is 4.58. The molecule has 104 valence electrons. The highest BCUT2D eigenvalue weighted by Crippen LogP contribution is 2.18. The maximum absolute atomic E-state index is 12.1. The Hall–Kier alpha value is -3.16. The van der Waals surface area contributed by atoms with Gasteiger partial charge < -0.3 is 10.2 Å². The fraction of sp³-hybridized carbons (Fsp3) is 0.0769. The molecular weight excluding hydrogens is 272 g/mol. The molecule has 4 rings (SSSR count). The molecular formula is C13H10N6O2. The van der Waals surface area contributed by atoms with Gasteiger partial charge in [-0.1, -0.05) is 0 Å². The van der Waals surface area contributed by atoms with E-state index in [2.05, 4.69) is 15.1 Å². The molecule has 0 bridgehead atoms. The summed E-state index contributed by atoms with van der Waals surface area (Å²) < 4.78 is 8.28. The van der Waals surface area contributed by atoms with Gasteiger partial charge in [0.15, 0.2) is 11.2 Å². The van der Waals surface area contributed by atoms with E-state index in [4.69, 9.17) is 10.2 Å². The number of hydrogen-bond acceptors (Lipinski definition) is 6. The van der Waals surface area contributed by atoms with E-state index < -0.39 is 0 Å². The van der Waals surface area contributed by atoms with Crippen molar-refractivity contribution in [3.63, 3.8) is 0 Å². The third-order valence-corrected chi connectivity index (χ3v) is 3.13. The second-order valence-corrected chi connectivity index (χ2v) is 4.58. The summed E-state index contributed by atoms with van der Waals surface area (Å²) in [5.74, 6) is 0.397. The van der Waals surface area contributed by atoms with Gasteiger partial charge >= 0.3 is 5.69 Å². The lowest BCUT2D eigenvalue weighted by Gasteiger charge is -1.92. The Morgan fingerprint density at radius 2 is 2.24 bits per heavy atom. The maximum Gasteiger partial charge on any atom is 0.350 e. The lowest BCUT2D eigenvalue weighted by molar-refractivity contribution is 0.485. The molecule has 3 aromatic heterocycles. The molecule has 0 aliphatic heterocycles. The zero-order chi connectivity index (χ0) is 14.4. The standard InChI is InChI=1S/C13H10N6O2/c14-8-1-2-10-9(5-8)16-12(21-10)7-19-13(20)18-4-3-15-6-11(18)17-19/h1-6H,7,14H2. The molecule has 0 radical (unpaired) electrons. The molecule has 0 saturated carbocycles. The fourth-order valence-electron chi connectivity index (χ4n) is 2.17. The summed E-state index contributed by atoms with van der Waals surface area (Å²) in [4.78, 5) is 20.4. The van der Waals surface area contributed by atoms with Crippen LogP contribution in [0.25, 0.3) is 16.7 Å². The van der Waals surface area contributed by atoms with E-state index in [1.807, 2.05) is 0 Å². The van der Waals surface area contributed by atoms with Gasteiger partial charge in [-0.15, -0.1) is 5.10 Å². The van der Waals surface area contributed by atoms with Gasteiger partial charge in [0.2, 0.25) is 5.89 Å². The molecule has 0 unspecified atom stereocenters. The molecule has 2 N–H and O–H groups in total. The lowest BCUT2D eigenvalue weighted by atomic mass is 10.3. The molecule has 8 heteroatoms. The quantitative estimate of drug-likeness (QED) is 0.542. The van der Waals surface area contributed by atoms with Crippen LogP contribution < -0.4 is 11.4 Å². The third kappa shape index (κ3) is 1.84. The maximum atomic E-state index is 12.1. The van der Waals surface area contributed by atoms with Crippen LogP contribution in [0.5, 0.6) is 0 Å². The summed E-state index contributed by atoms with van der Waals surface area (Å²) in [6, 6.07) is 5.20. The minimum atomic E-state index is -0.269. The number of nitrogen functional groups attached to an aromatic ring is 1. The first-order valence-electron chi connectivity index (χ1n) is 6.25. The van der Waals surface area contributed by atoms with Crippen LogP contribution in [0.15, 0.2) is 46.0 Å². The van der Waals surface area contributed by atoms with Crippen molar-refractivity contribution in [2.45, 2.75) is 6.54 Å². The molecule has 1 aromatic carbocycles. The number of fused-ring (bicyclic) bond motifs is 2. The molecule has 0 atom stereocenters. The van der Waals surface area contributed by atoms with Crippen LogP contribution in [0.3, 0.4) is 0 Å². The first-order chi connectivity index (χ1) is 10.2. The SMILES string of the molecule is Nc1ccc2oc(Cn3nc4cnccn4c3=O)nc2c1. The van der Waals surface area contributed by atoms with Crippen LogP contribution >= 0.6 is 0 Å². The predicted molar refractivity (Wildman–Crippen MR) is 74.8 cm³/mol. The van der Waals surface area contributed by atoms with Crippen molar-refractivity contribution in [1.82, 2.24) is 24.1 Å². The molecule has 0 fully saturated rings. The van der Waals surface area contributed by atoms with Crippen LogP contribution in [0.4, 0.5) is 5.69 Å². The number of aromatic nitrogens is 5. The zero-order valence-electron chi connectivity index (χ0n) is 10.8. The average Bonchev–Trinajstić information content (AvgIpc) is 3.01. The van der Waals surface area contributed by atoms with Gasteiger partial charge in [-0.3, -0.25) is 4.98 Å². The monoisotopic (exact) mass is 282 g/mol. The topological polar surface area (TPSA) is 104 Å². The summed E-state index contributed by atoms with van der Waals surface area (Å²) in [7, 11) is 0. The molecule has 0 aliphatic rings. The minimum Gasteiger partial charge on any atom is -0.439 e. The van der Waals surface area contributed by atoms with Crippen molar-refractivity contribution in [1.29, 1.82) is 0 Å². The van der Waals surface area contributed by atoms with Gasteiger partial charge in [0.1, 0.15) is 12.1 Å². The predicted octanol–water partition coefficient (Wildman–Crippen LogP) is 0.663. The van der Waals surface area contributed by atoms with E-state index in [0.717, 1.165) is 0 Å². The largest absolute Gasteiger partial charge is 0.439 e. The zero-order valence-corrected chi connectivity index (χ0v) is 10.8. The van der Waals surface area contributed by atoms with Crippen LogP contribution in [0.2, 0.25) is 0 Å². The normalized spacial score (nSPS) is 11.4. The number of nitrogens with zero attached hydrogens (tertiary/aromatic N) is 5. The Kier molecular flexibility index (Phi) is 2.31. The number of rotatable bonds is 2. The summed E-state index contributed by atoms with van der Waals surface area (Å²) in [5, 5.41) is 4.18. The molecule has 0 spiro atoms. The van der Waals surface area contributed by atoms with Crippen molar-refractivity contribution in [3.8, 4) is 0 Å². The van der Waals surface area contributed by atoms with E-state index >= 15 is 0 Å². The lowest BCUT2D eigenvalue weighted by Crippen LogP contribution is -2.21. The summed E-state index contributed by atoms with van der Waals surface area (Å²) >= 11 is 0. The Labute approximate surface area is 117 Å². The Morgan fingerprint density at radius 1 is 1.33 bits per heavy atom. The van der Waals surface area contributed by atoms with Crippen LogP contribution in [-0.2, 0) is 6.54 Å². The average molecular weight is 282 g/mol. The highest BCUT2D eigenvalue weighted by Gasteiger charge is 2.11. The van der Waals surface area contributed by atoms with Crippen LogP contribution in [-0.4, -0.2) is 24.1 Å². The minimum absolute atomic E-state index is 0.148. The number of nitrogens with two attached hydrogens (primary N) is 1. The summed E-state index contributed by atoms with van der Waals surface area (Å²) in [6.07, 6.45) is 4.61. The van der Waals surface area contributed by atoms with Gasteiger partial charge in [-0.2, -0.15) is 0 Å². The van der Waals surface area contributed by atoms with Gasteiger partial charge in [0.05, 0.1) is 6.20 Å². The van der Waals surface area contributed by atoms with E-state index in [1.54, 1.807) is 24.4 Å². The summed E-state index contributed by atoms with van der Waals surface area (Å²) in [5.41, 5.74) is 7.80. The molecule has 0 saturated heterocycles. The van der Waals surface area contributed by atoms with Crippen LogP contribution in [0, 0.1) is 0 Å². The number of anilines is 1. The van der Waals surface area contributed by atoms with Gasteiger partial charge in [-0.05, 0) is 18.2 Å². The van der Waals surface area contributed by atoms with Crippen molar-refractivity contribution < 1.29 is 4.42 Å². The van der Waals surface area contributed by atoms with Gasteiger partial charge in [0.25, 0.3) is 0 Å². The van der Waals surface area contributed by atoms with E-state index in [0.29, 0.717) is 28.3 Å². The number of benzene rings is 1. The molecule has 4 aromatic rings. The molecule has 0 aliphatic carbocycles. The van der Waals surface area contributed by atoms with Gasteiger partial charge in [-0.25, -0.2) is 18.9 Å². The van der Waals surface area contributed by atoms with E-state index in [1.165, 1.54) is 21.5 Å². The number of hydrogen-bond donors (Lipinski definition) is 1. The Morgan fingerprint density at radius 3 is 3.10 bits per heavy atom. The second kappa shape index (κ2) is 4.17. The van der Waals surface area contributed by atoms with E-state index in [-0.39, 0.29) is 12.2 Å². The Balaban J connectivity index is 1.79. The van der Waals surface area contributed by atoms with Crippen molar-refractivity contribution in [3.05, 3.63) is 53.2 Å². The first-order valence-corrected chi connectivity index (χ1v) is 6.25. The highest BCUT2D eigenvalue weighted by atomic mass is 16.3. The molecule has 0 amide bonds. The first kappa shape index (κ1) is 11.6. The number of oxazole rings is 1. The highest BCUT2D eigenvalue weighted by molar-refractivity contribution is 5.76. The van der Waals surface area contributed by atoms with Crippen molar-refractivity contribution in [2.24, 2.45) is 0 Å². The molecule has 8 nitrogen and oxygen atoms in total. The molecule has 21 heavy (non-hydrogen) atoms. The fourth-order valence-corrected chi connectivity index (χ4v) is 2.17. The van der Waals surface area contributed by atoms with E-state index in [9.17, 15) is 4.79 Å². The van der Waals surface area contributed by atoms with Crippen molar-refractivity contribution >= 4 is 22.4 Å². The Bertz CT molecular complexity index is 1010. The molecule has 3 heterocycles. The smallest absolute Gasteiger partial charge is 0.350 e. The summed E-state index contributed by atoms with van der Waals surface area (Å²) in [6.45, 7) is 0.148. The van der Waals surface area contributed by atoms with Gasteiger partial charge in [0, 0.05) is 18.1 Å². The van der Waals surface area contributed by atoms with Crippen LogP contribution in [0.1, 0.15) is 5.89 Å². The third-order valence-electron chi connectivity index (χ3n) is 3.13.